The SMILES string of the molecule is Fc1c[c-]c(-c2cc3c4c(cccc4n2)C=C3)cc1.[Ir]. The van der Waals surface area contributed by atoms with E-state index in [4.69, 9.17) is 0 Å². The van der Waals surface area contributed by atoms with Crippen molar-refractivity contribution >= 4 is 23.1 Å². The van der Waals surface area contributed by atoms with Crippen molar-refractivity contribution in [1.29, 1.82) is 0 Å². The molecule has 1 nitrogen and oxygen atoms in total. The first-order valence-electron chi connectivity index (χ1n) is 6.11. The molecule has 0 aliphatic heterocycles. The van der Waals surface area contributed by atoms with Crippen LogP contribution < -0.4 is 0 Å². The molecule has 0 saturated heterocycles. The van der Waals surface area contributed by atoms with Crippen molar-refractivity contribution in [3.63, 3.8) is 0 Å². The Hall–Kier alpha value is -1.83. The van der Waals surface area contributed by atoms with E-state index in [9.17, 15) is 4.39 Å². The molecule has 3 aromatic rings. The van der Waals surface area contributed by atoms with Gasteiger partial charge in [0.2, 0.25) is 0 Å². The Morgan fingerprint density at radius 2 is 1.85 bits per heavy atom. The Labute approximate surface area is 129 Å². The average Bonchev–Trinajstić information content (AvgIpc) is 2.85. The summed E-state index contributed by atoms with van der Waals surface area (Å²) < 4.78 is 12.9. The van der Waals surface area contributed by atoms with E-state index in [-0.39, 0.29) is 25.9 Å². The summed E-state index contributed by atoms with van der Waals surface area (Å²) in [6, 6.07) is 15.5. The van der Waals surface area contributed by atoms with Crippen LogP contribution in [0.25, 0.3) is 34.3 Å². The van der Waals surface area contributed by atoms with E-state index in [0.717, 1.165) is 22.3 Å². The van der Waals surface area contributed by atoms with Gasteiger partial charge >= 0.3 is 0 Å². The van der Waals surface area contributed by atoms with E-state index in [0.29, 0.717) is 0 Å². The molecule has 2 aromatic carbocycles. The second kappa shape index (κ2) is 4.93. The van der Waals surface area contributed by atoms with Crippen molar-refractivity contribution in [3.8, 4) is 11.3 Å². The fourth-order valence-electron chi connectivity index (χ4n) is 2.50. The molecular formula is C17H9FIrN-. The first-order valence-corrected chi connectivity index (χ1v) is 6.11. The molecule has 1 aliphatic carbocycles. The molecule has 1 aliphatic rings. The van der Waals surface area contributed by atoms with Gasteiger partial charge in [-0.3, -0.25) is 9.37 Å². The molecule has 1 radical (unpaired) electrons. The van der Waals surface area contributed by atoms with Crippen LogP contribution in [0.2, 0.25) is 0 Å². The normalized spacial score (nSPS) is 11.7. The summed E-state index contributed by atoms with van der Waals surface area (Å²) in [5.74, 6) is -0.281. The van der Waals surface area contributed by atoms with Crippen molar-refractivity contribution < 1.29 is 24.5 Å². The maximum atomic E-state index is 12.9. The predicted molar refractivity (Wildman–Crippen MR) is 74.9 cm³/mol. The zero-order chi connectivity index (χ0) is 12.8. The molecule has 1 heterocycles. The fourth-order valence-corrected chi connectivity index (χ4v) is 2.50. The van der Waals surface area contributed by atoms with Crippen LogP contribution in [0, 0.1) is 11.9 Å². The number of pyridine rings is 1. The molecule has 0 atom stereocenters. The Morgan fingerprint density at radius 1 is 1.00 bits per heavy atom. The van der Waals surface area contributed by atoms with Gasteiger partial charge in [-0.2, -0.15) is 0 Å². The molecule has 20 heavy (non-hydrogen) atoms. The number of nitrogens with zero attached hydrogens (tertiary/aromatic N) is 1. The molecule has 1 aromatic heterocycles. The van der Waals surface area contributed by atoms with E-state index >= 15 is 0 Å². The van der Waals surface area contributed by atoms with Crippen LogP contribution in [0.4, 0.5) is 4.39 Å². The third kappa shape index (κ3) is 2.00. The van der Waals surface area contributed by atoms with Crippen LogP contribution in [-0.4, -0.2) is 4.98 Å². The predicted octanol–water partition coefficient (Wildman–Crippen LogP) is 4.32. The minimum atomic E-state index is -0.281. The van der Waals surface area contributed by atoms with Crippen LogP contribution in [0.1, 0.15) is 11.1 Å². The topological polar surface area (TPSA) is 12.9 Å². The summed E-state index contributed by atoms with van der Waals surface area (Å²) in [6.45, 7) is 0. The van der Waals surface area contributed by atoms with Gasteiger partial charge in [0.1, 0.15) is 0 Å². The molecule has 3 heteroatoms. The van der Waals surface area contributed by atoms with E-state index in [1.165, 1.54) is 23.1 Å². The van der Waals surface area contributed by atoms with Gasteiger partial charge in [-0.15, -0.1) is 29.8 Å². The Kier molecular flexibility index (Phi) is 3.25. The molecule has 4 rings (SSSR count). The number of rotatable bonds is 1. The summed E-state index contributed by atoms with van der Waals surface area (Å²) in [7, 11) is 0. The molecule has 0 fully saturated rings. The average molecular weight is 438 g/mol. The van der Waals surface area contributed by atoms with Crippen molar-refractivity contribution in [1.82, 2.24) is 4.98 Å². The number of aromatic nitrogens is 1. The van der Waals surface area contributed by atoms with Crippen LogP contribution in [0.5, 0.6) is 0 Å². The van der Waals surface area contributed by atoms with Crippen LogP contribution >= 0.6 is 0 Å². The Morgan fingerprint density at radius 3 is 2.65 bits per heavy atom. The molecule has 0 saturated carbocycles. The fraction of sp³-hybridized carbons (Fsp3) is 0. The standard InChI is InChI=1S/C17H9FN.Ir/c18-14-8-6-11(7-9-14)16-10-13-5-4-12-2-1-3-15(19-16)17(12)13;/h1-6,8-10H;/q-1;. The van der Waals surface area contributed by atoms with Gasteiger partial charge in [0.25, 0.3) is 0 Å². The molecule has 99 valence electrons. The number of halogens is 1. The third-order valence-electron chi connectivity index (χ3n) is 3.39. The van der Waals surface area contributed by atoms with Crippen molar-refractivity contribution in [2.45, 2.75) is 0 Å². The Bertz CT molecular complexity index is 822. The van der Waals surface area contributed by atoms with Gasteiger partial charge < -0.3 is 0 Å². The van der Waals surface area contributed by atoms with Gasteiger partial charge in [-0.25, -0.2) is 0 Å². The van der Waals surface area contributed by atoms with Crippen molar-refractivity contribution in [3.05, 3.63) is 65.5 Å². The van der Waals surface area contributed by atoms with Gasteiger partial charge in [0, 0.05) is 31.3 Å². The van der Waals surface area contributed by atoms with E-state index in [2.05, 4.69) is 29.3 Å². The summed E-state index contributed by atoms with van der Waals surface area (Å²) in [4.78, 5) is 4.64. The van der Waals surface area contributed by atoms with Gasteiger partial charge in [0.15, 0.2) is 0 Å². The second-order valence-electron chi connectivity index (χ2n) is 4.59. The molecule has 0 spiro atoms. The monoisotopic (exact) mass is 439 g/mol. The number of hydrogen-bond donors (Lipinski definition) is 0. The number of benzene rings is 2. The second-order valence-corrected chi connectivity index (χ2v) is 4.59. The van der Waals surface area contributed by atoms with Gasteiger partial charge in [-0.1, -0.05) is 30.4 Å². The maximum Gasteiger partial charge on any atom is 0.0607 e. The summed E-state index contributed by atoms with van der Waals surface area (Å²) in [5, 5.41) is 1.19. The van der Waals surface area contributed by atoms with Crippen LogP contribution in [0.3, 0.4) is 0 Å². The smallest absolute Gasteiger partial charge is 0.0607 e. The molecule has 0 amide bonds. The van der Waals surface area contributed by atoms with Crippen LogP contribution in [0.15, 0.2) is 42.5 Å². The summed E-state index contributed by atoms with van der Waals surface area (Å²) >= 11 is 0. The van der Waals surface area contributed by atoms with Gasteiger partial charge in [-0.05, 0) is 22.9 Å². The molecule has 0 unspecified atom stereocenters. The maximum absolute atomic E-state index is 12.9. The zero-order valence-corrected chi connectivity index (χ0v) is 12.7. The van der Waals surface area contributed by atoms with E-state index in [1.807, 2.05) is 18.2 Å². The Balaban J connectivity index is 0.00000121. The van der Waals surface area contributed by atoms with E-state index in [1.54, 1.807) is 6.07 Å². The first-order chi connectivity index (χ1) is 9.31. The molecular weight excluding hydrogens is 429 g/mol. The largest absolute Gasteiger partial charge is 0.296 e. The molecule has 0 N–H and O–H groups in total. The van der Waals surface area contributed by atoms with Crippen molar-refractivity contribution in [2.24, 2.45) is 0 Å². The third-order valence-corrected chi connectivity index (χ3v) is 3.39. The van der Waals surface area contributed by atoms with Crippen molar-refractivity contribution in [2.75, 3.05) is 0 Å². The minimum Gasteiger partial charge on any atom is -0.296 e. The van der Waals surface area contributed by atoms with Crippen LogP contribution in [-0.2, 0) is 20.1 Å². The molecule has 0 bridgehead atoms. The minimum absolute atomic E-state index is 0. The summed E-state index contributed by atoms with van der Waals surface area (Å²) in [6.07, 6.45) is 4.18. The zero-order valence-electron chi connectivity index (χ0n) is 10.4. The number of hydrogen-bond acceptors (Lipinski definition) is 1. The first kappa shape index (κ1) is 13.2. The summed E-state index contributed by atoms with van der Waals surface area (Å²) in [5.41, 5.74) is 4.96. The quantitative estimate of drug-likeness (QED) is 0.404. The van der Waals surface area contributed by atoms with E-state index < -0.39 is 0 Å². The van der Waals surface area contributed by atoms with Gasteiger partial charge in [0.05, 0.1) is 5.52 Å².